The summed E-state index contributed by atoms with van der Waals surface area (Å²) >= 11 is 13.3. The molecule has 5 heteroatoms. The quantitative estimate of drug-likeness (QED) is 0.440. The fourth-order valence-electron chi connectivity index (χ4n) is 1.80. The van der Waals surface area contributed by atoms with E-state index in [0.29, 0.717) is 19.8 Å². The van der Waals surface area contributed by atoms with E-state index in [1.807, 2.05) is 18.2 Å². The van der Waals surface area contributed by atoms with Crippen molar-refractivity contribution in [2.75, 3.05) is 37.6 Å². The topological polar surface area (TPSA) is 18.5 Å². The summed E-state index contributed by atoms with van der Waals surface area (Å²) in [5, 5.41) is 2.49. The van der Waals surface area contributed by atoms with Crippen molar-refractivity contribution in [1.82, 2.24) is 0 Å². The van der Waals surface area contributed by atoms with Gasteiger partial charge in [-0.2, -0.15) is 0 Å². The second-order valence-electron chi connectivity index (χ2n) is 4.41. The van der Waals surface area contributed by atoms with Crippen molar-refractivity contribution in [2.45, 2.75) is 11.8 Å². The zero-order valence-corrected chi connectivity index (χ0v) is 14.9. The molecule has 0 aliphatic heterocycles. The summed E-state index contributed by atoms with van der Waals surface area (Å²) in [6.45, 7) is 1.96. The molecule has 1 rings (SSSR count). The Bertz CT molecular complexity index is 370. The number of benzene rings is 1. The van der Waals surface area contributed by atoms with Crippen molar-refractivity contribution in [3.05, 3.63) is 34.9 Å². The van der Waals surface area contributed by atoms with Gasteiger partial charge in [0.25, 0.3) is 0 Å². The number of rotatable bonds is 9. The summed E-state index contributed by atoms with van der Waals surface area (Å²) in [6.07, 6.45) is 0.924. The average Bonchev–Trinajstić information content (AvgIpc) is 2.43. The van der Waals surface area contributed by atoms with Crippen LogP contribution in [0.5, 0.6) is 0 Å². The molecule has 0 bridgehead atoms. The Kier molecular flexibility index (Phi) is 8.58. The van der Waals surface area contributed by atoms with Gasteiger partial charge in [-0.3, -0.25) is 0 Å². The molecule has 2 nitrogen and oxygen atoms in total. The predicted octanol–water partition coefficient (Wildman–Crippen LogP) is 4.42. The zero-order valence-electron chi connectivity index (χ0n) is 11.0. The second kappa shape index (κ2) is 9.35. The largest absolute Gasteiger partial charge is 0.382 e. The van der Waals surface area contributed by atoms with Crippen molar-refractivity contribution in [2.24, 2.45) is 0 Å². The molecule has 0 aromatic heterocycles. The van der Waals surface area contributed by atoms with Gasteiger partial charge in [0.2, 0.25) is 0 Å². The summed E-state index contributed by atoms with van der Waals surface area (Å²) in [4.78, 5) is 0. The molecule has 0 aliphatic rings. The summed E-state index contributed by atoms with van der Waals surface area (Å²) in [5.41, 5.74) is 1.22. The molecule has 0 N–H and O–H groups in total. The maximum absolute atomic E-state index is 6.09. The van der Waals surface area contributed by atoms with E-state index in [4.69, 9.17) is 21.1 Å². The van der Waals surface area contributed by atoms with Crippen molar-refractivity contribution in [3.63, 3.8) is 0 Å². The van der Waals surface area contributed by atoms with E-state index in [1.165, 1.54) is 5.56 Å². The first-order valence-corrected chi connectivity index (χ1v) is 8.75. The van der Waals surface area contributed by atoms with E-state index in [9.17, 15) is 0 Å². The van der Waals surface area contributed by atoms with Crippen LogP contribution in [0.25, 0.3) is 0 Å². The molecule has 1 aromatic carbocycles. The van der Waals surface area contributed by atoms with Crippen molar-refractivity contribution < 1.29 is 9.47 Å². The summed E-state index contributed by atoms with van der Waals surface area (Å²) < 4.78 is 10.6. The monoisotopic (exact) mass is 412 g/mol. The standard InChI is InChI=1S/C14H19Br2ClO2/c1-18-7-8-19-6-5-14(10-15,11-16)12-3-2-4-13(17)9-12/h2-4,9H,5-8,10-11H2,1H3. The van der Waals surface area contributed by atoms with Crippen LogP contribution in [0.15, 0.2) is 24.3 Å². The highest BCUT2D eigenvalue weighted by molar-refractivity contribution is 9.09. The summed E-state index contributed by atoms with van der Waals surface area (Å²) in [7, 11) is 1.68. The lowest BCUT2D eigenvalue weighted by molar-refractivity contribution is 0.0635. The third-order valence-electron chi connectivity index (χ3n) is 3.11. The Hall–Kier alpha value is 0.390. The molecule has 0 unspecified atom stereocenters. The Morgan fingerprint density at radius 1 is 1.16 bits per heavy atom. The van der Waals surface area contributed by atoms with E-state index in [0.717, 1.165) is 22.1 Å². The summed E-state index contributed by atoms with van der Waals surface area (Å²) in [5.74, 6) is 0. The normalized spacial score (nSPS) is 11.8. The molecular weight excluding hydrogens is 395 g/mol. The predicted molar refractivity (Wildman–Crippen MR) is 88.0 cm³/mol. The Labute approximate surface area is 137 Å². The van der Waals surface area contributed by atoms with Crippen LogP contribution < -0.4 is 0 Å². The smallest absolute Gasteiger partial charge is 0.0700 e. The number of hydrogen-bond acceptors (Lipinski definition) is 2. The van der Waals surface area contributed by atoms with Crippen LogP contribution in [-0.2, 0) is 14.9 Å². The molecule has 1 aromatic rings. The van der Waals surface area contributed by atoms with Gasteiger partial charge in [0, 0.05) is 34.8 Å². The number of ether oxygens (including phenoxy) is 2. The van der Waals surface area contributed by atoms with Gasteiger partial charge in [-0.1, -0.05) is 55.6 Å². The molecule has 0 radical (unpaired) electrons. The first-order chi connectivity index (χ1) is 9.18. The first kappa shape index (κ1) is 17.4. The summed E-state index contributed by atoms with van der Waals surface area (Å²) in [6, 6.07) is 8.03. The van der Waals surface area contributed by atoms with Gasteiger partial charge in [0.15, 0.2) is 0 Å². The number of methoxy groups -OCH3 is 1. The Morgan fingerprint density at radius 2 is 1.89 bits per heavy atom. The van der Waals surface area contributed by atoms with Crippen LogP contribution in [0.2, 0.25) is 5.02 Å². The van der Waals surface area contributed by atoms with Gasteiger partial charge in [0.1, 0.15) is 0 Å². The maximum Gasteiger partial charge on any atom is 0.0700 e. The molecule has 19 heavy (non-hydrogen) atoms. The molecule has 108 valence electrons. The molecule has 0 spiro atoms. The van der Waals surface area contributed by atoms with Crippen molar-refractivity contribution in [3.8, 4) is 0 Å². The second-order valence-corrected chi connectivity index (χ2v) is 5.97. The van der Waals surface area contributed by atoms with Crippen LogP contribution >= 0.6 is 43.5 Å². The van der Waals surface area contributed by atoms with Gasteiger partial charge in [0.05, 0.1) is 13.2 Å². The lowest BCUT2D eigenvalue weighted by Crippen LogP contribution is -2.32. The molecule has 0 saturated carbocycles. The molecular formula is C14H19Br2ClO2. The highest BCUT2D eigenvalue weighted by Crippen LogP contribution is 2.33. The fraction of sp³-hybridized carbons (Fsp3) is 0.571. The lowest BCUT2D eigenvalue weighted by Gasteiger charge is -2.30. The minimum Gasteiger partial charge on any atom is -0.382 e. The third kappa shape index (κ3) is 5.35. The first-order valence-electron chi connectivity index (χ1n) is 6.13. The van der Waals surface area contributed by atoms with Crippen LogP contribution in [0.1, 0.15) is 12.0 Å². The molecule has 0 heterocycles. The highest BCUT2D eigenvalue weighted by atomic mass is 79.9. The van der Waals surface area contributed by atoms with E-state index in [1.54, 1.807) is 7.11 Å². The number of halogens is 3. The third-order valence-corrected chi connectivity index (χ3v) is 5.49. The molecule has 0 fully saturated rings. The van der Waals surface area contributed by atoms with Crippen molar-refractivity contribution >= 4 is 43.5 Å². The molecule has 0 saturated heterocycles. The van der Waals surface area contributed by atoms with Crippen LogP contribution in [-0.4, -0.2) is 37.6 Å². The van der Waals surface area contributed by atoms with E-state index in [-0.39, 0.29) is 5.41 Å². The van der Waals surface area contributed by atoms with Crippen LogP contribution in [0.3, 0.4) is 0 Å². The zero-order chi connectivity index (χ0) is 14.1. The molecule has 0 aliphatic carbocycles. The van der Waals surface area contributed by atoms with Crippen molar-refractivity contribution in [1.29, 1.82) is 0 Å². The van der Waals surface area contributed by atoms with Gasteiger partial charge < -0.3 is 9.47 Å². The Morgan fingerprint density at radius 3 is 2.47 bits per heavy atom. The average molecular weight is 415 g/mol. The molecule has 0 atom stereocenters. The highest BCUT2D eigenvalue weighted by Gasteiger charge is 2.30. The fourth-order valence-corrected chi connectivity index (χ4v) is 4.13. The van der Waals surface area contributed by atoms with Gasteiger partial charge in [-0.25, -0.2) is 0 Å². The van der Waals surface area contributed by atoms with E-state index in [2.05, 4.69) is 37.9 Å². The minimum absolute atomic E-state index is 0.00201. The SMILES string of the molecule is COCCOCCC(CBr)(CBr)c1cccc(Cl)c1. The Balaban J connectivity index is 2.68. The van der Waals surface area contributed by atoms with Gasteiger partial charge >= 0.3 is 0 Å². The maximum atomic E-state index is 6.09. The number of alkyl halides is 2. The van der Waals surface area contributed by atoms with E-state index < -0.39 is 0 Å². The minimum atomic E-state index is -0.00201. The van der Waals surface area contributed by atoms with Gasteiger partial charge in [-0.05, 0) is 24.1 Å². The van der Waals surface area contributed by atoms with Crippen LogP contribution in [0.4, 0.5) is 0 Å². The number of hydrogen-bond donors (Lipinski definition) is 0. The van der Waals surface area contributed by atoms with E-state index >= 15 is 0 Å². The molecule has 0 amide bonds. The lowest BCUT2D eigenvalue weighted by atomic mass is 9.82. The van der Waals surface area contributed by atoms with Crippen LogP contribution in [0, 0.1) is 0 Å². The van der Waals surface area contributed by atoms with Gasteiger partial charge in [-0.15, -0.1) is 0 Å².